The standard InChI is InChI=1S/C25H24N4O5/c1-5-34-25(32)19-14-18-21(26-20-11-6-7-12-28(20)24(18)31)29(15(2)3)22(19)27-23(30)16-9-8-10-17(13-16)33-4/h6-15H,5H2,1-4H3. The van der Waals surface area contributed by atoms with Gasteiger partial charge in [0, 0.05) is 17.8 Å². The predicted octanol–water partition coefficient (Wildman–Crippen LogP) is 3.16. The summed E-state index contributed by atoms with van der Waals surface area (Å²) in [6, 6.07) is 12.9. The second kappa shape index (κ2) is 9.30. The number of aromatic nitrogens is 3. The van der Waals surface area contributed by atoms with Crippen molar-refractivity contribution in [2.45, 2.75) is 26.8 Å². The van der Waals surface area contributed by atoms with Crippen LogP contribution in [0, 0.1) is 0 Å². The van der Waals surface area contributed by atoms with Crippen molar-refractivity contribution in [1.29, 1.82) is 0 Å². The lowest BCUT2D eigenvalue weighted by atomic mass is 10.1. The summed E-state index contributed by atoms with van der Waals surface area (Å²) in [5.74, 6) is -0.757. The quantitative estimate of drug-likeness (QED) is 0.335. The van der Waals surface area contributed by atoms with E-state index in [1.165, 1.54) is 17.6 Å². The SMILES string of the molecule is CCOC(=O)c1cc2c(=O)n3ccccc3nc2n(C(C)C)c1=NC(=O)c1cccc(OC)c1. The van der Waals surface area contributed by atoms with Crippen molar-refractivity contribution >= 4 is 28.6 Å². The predicted molar refractivity (Wildman–Crippen MR) is 126 cm³/mol. The number of fused-ring (bicyclic) bond motifs is 2. The van der Waals surface area contributed by atoms with Crippen LogP contribution in [0.5, 0.6) is 5.75 Å². The fourth-order valence-electron chi connectivity index (χ4n) is 3.72. The van der Waals surface area contributed by atoms with E-state index in [1.807, 2.05) is 13.8 Å². The van der Waals surface area contributed by atoms with Crippen molar-refractivity contribution in [2.75, 3.05) is 13.7 Å². The maximum absolute atomic E-state index is 13.3. The van der Waals surface area contributed by atoms with Crippen molar-refractivity contribution in [3.63, 3.8) is 0 Å². The molecule has 0 radical (unpaired) electrons. The number of nitrogens with zero attached hydrogens (tertiary/aromatic N) is 4. The lowest BCUT2D eigenvalue weighted by Gasteiger charge is -2.17. The number of hydrogen-bond acceptors (Lipinski definition) is 6. The first-order chi connectivity index (χ1) is 16.3. The molecular formula is C25H24N4O5. The maximum Gasteiger partial charge on any atom is 0.341 e. The van der Waals surface area contributed by atoms with E-state index in [1.54, 1.807) is 60.2 Å². The van der Waals surface area contributed by atoms with Gasteiger partial charge in [-0.1, -0.05) is 12.1 Å². The van der Waals surface area contributed by atoms with Crippen molar-refractivity contribution < 1.29 is 19.1 Å². The third kappa shape index (κ3) is 4.07. The van der Waals surface area contributed by atoms with Crippen LogP contribution in [0.4, 0.5) is 0 Å². The molecule has 9 nitrogen and oxygen atoms in total. The third-order valence-corrected chi connectivity index (χ3v) is 5.27. The van der Waals surface area contributed by atoms with E-state index in [2.05, 4.69) is 9.98 Å². The van der Waals surface area contributed by atoms with Gasteiger partial charge in [-0.05, 0) is 57.2 Å². The molecule has 0 saturated carbocycles. The summed E-state index contributed by atoms with van der Waals surface area (Å²) in [7, 11) is 1.50. The Morgan fingerprint density at radius 2 is 1.91 bits per heavy atom. The molecule has 1 amide bonds. The molecule has 3 heterocycles. The van der Waals surface area contributed by atoms with Gasteiger partial charge < -0.3 is 14.0 Å². The van der Waals surface area contributed by atoms with Crippen LogP contribution in [-0.4, -0.2) is 39.5 Å². The summed E-state index contributed by atoms with van der Waals surface area (Å²) >= 11 is 0. The van der Waals surface area contributed by atoms with Crippen LogP contribution in [0.2, 0.25) is 0 Å². The van der Waals surface area contributed by atoms with Gasteiger partial charge in [0.1, 0.15) is 22.6 Å². The van der Waals surface area contributed by atoms with Gasteiger partial charge in [0.15, 0.2) is 5.49 Å². The molecule has 0 unspecified atom stereocenters. The Morgan fingerprint density at radius 3 is 2.62 bits per heavy atom. The minimum absolute atomic E-state index is 0.00840. The number of methoxy groups -OCH3 is 1. The van der Waals surface area contributed by atoms with Crippen LogP contribution in [-0.2, 0) is 4.74 Å². The van der Waals surface area contributed by atoms with Gasteiger partial charge in [-0.25, -0.2) is 9.78 Å². The van der Waals surface area contributed by atoms with Gasteiger partial charge in [-0.3, -0.25) is 14.0 Å². The molecule has 4 aromatic rings. The van der Waals surface area contributed by atoms with Gasteiger partial charge in [-0.15, -0.1) is 0 Å². The number of carbonyl (C=O) groups excluding carboxylic acids is 2. The number of esters is 1. The summed E-state index contributed by atoms with van der Waals surface area (Å²) in [6.45, 7) is 5.52. The van der Waals surface area contributed by atoms with Crippen LogP contribution in [0.25, 0.3) is 16.7 Å². The highest BCUT2D eigenvalue weighted by atomic mass is 16.5. The minimum atomic E-state index is -0.687. The van der Waals surface area contributed by atoms with Gasteiger partial charge >= 0.3 is 5.97 Å². The number of benzene rings is 1. The second-order valence-corrected chi connectivity index (χ2v) is 7.80. The van der Waals surface area contributed by atoms with Gasteiger partial charge in [-0.2, -0.15) is 4.99 Å². The maximum atomic E-state index is 13.3. The molecule has 0 N–H and O–H groups in total. The first-order valence-electron chi connectivity index (χ1n) is 10.8. The average molecular weight is 460 g/mol. The smallest absolute Gasteiger partial charge is 0.341 e. The molecule has 0 saturated heterocycles. The summed E-state index contributed by atoms with van der Waals surface area (Å²) in [5.41, 5.74) is 0.775. The van der Waals surface area contributed by atoms with Crippen LogP contribution >= 0.6 is 0 Å². The lowest BCUT2D eigenvalue weighted by Crippen LogP contribution is -2.33. The van der Waals surface area contributed by atoms with E-state index in [4.69, 9.17) is 9.47 Å². The molecular weight excluding hydrogens is 436 g/mol. The highest BCUT2D eigenvalue weighted by molar-refractivity contribution is 5.97. The molecule has 3 aromatic heterocycles. The summed E-state index contributed by atoms with van der Waals surface area (Å²) in [4.78, 5) is 48.3. The van der Waals surface area contributed by atoms with E-state index in [0.717, 1.165) is 0 Å². The monoisotopic (exact) mass is 460 g/mol. The van der Waals surface area contributed by atoms with Crippen LogP contribution in [0.3, 0.4) is 0 Å². The number of amides is 1. The molecule has 0 fully saturated rings. The zero-order valence-corrected chi connectivity index (χ0v) is 19.3. The van der Waals surface area contributed by atoms with Gasteiger partial charge in [0.05, 0.1) is 19.1 Å². The number of carbonyl (C=O) groups is 2. The molecule has 34 heavy (non-hydrogen) atoms. The molecule has 0 aliphatic carbocycles. The Kier molecular flexibility index (Phi) is 6.27. The Hall–Kier alpha value is -4.27. The van der Waals surface area contributed by atoms with E-state index in [9.17, 15) is 14.4 Å². The summed E-state index contributed by atoms with van der Waals surface area (Å²) in [6.07, 6.45) is 1.61. The molecule has 0 bridgehead atoms. The zero-order chi connectivity index (χ0) is 24.4. The zero-order valence-electron chi connectivity index (χ0n) is 19.3. The molecule has 174 valence electrons. The van der Waals surface area contributed by atoms with E-state index in [-0.39, 0.29) is 40.2 Å². The molecule has 9 heteroatoms. The largest absolute Gasteiger partial charge is 0.497 e. The first-order valence-corrected chi connectivity index (χ1v) is 10.8. The van der Waals surface area contributed by atoms with Crippen molar-refractivity contribution in [3.8, 4) is 5.75 Å². The van der Waals surface area contributed by atoms with E-state index in [0.29, 0.717) is 17.0 Å². The van der Waals surface area contributed by atoms with Crippen molar-refractivity contribution in [3.05, 3.63) is 81.7 Å². The fraction of sp³-hybridized carbons (Fsp3) is 0.240. The number of pyridine rings is 2. The Labute approximate surface area is 194 Å². The number of hydrogen-bond donors (Lipinski definition) is 0. The fourth-order valence-corrected chi connectivity index (χ4v) is 3.72. The Bertz CT molecular complexity index is 1550. The van der Waals surface area contributed by atoms with E-state index < -0.39 is 11.9 Å². The highest BCUT2D eigenvalue weighted by Crippen LogP contribution is 2.17. The Balaban J connectivity index is 2.12. The minimum Gasteiger partial charge on any atom is -0.497 e. The average Bonchev–Trinajstić information content (AvgIpc) is 2.83. The van der Waals surface area contributed by atoms with Crippen LogP contribution in [0.15, 0.2) is 64.5 Å². The van der Waals surface area contributed by atoms with E-state index >= 15 is 0 Å². The van der Waals surface area contributed by atoms with Crippen molar-refractivity contribution in [2.24, 2.45) is 4.99 Å². The molecule has 4 rings (SSSR count). The van der Waals surface area contributed by atoms with Crippen LogP contribution in [0.1, 0.15) is 47.5 Å². The second-order valence-electron chi connectivity index (χ2n) is 7.80. The van der Waals surface area contributed by atoms with Crippen LogP contribution < -0.4 is 15.8 Å². The molecule has 0 spiro atoms. The lowest BCUT2D eigenvalue weighted by molar-refractivity contribution is 0.0523. The summed E-state index contributed by atoms with van der Waals surface area (Å²) in [5, 5.41) is 0.216. The molecule has 0 aliphatic rings. The first kappa shape index (κ1) is 22.9. The van der Waals surface area contributed by atoms with Gasteiger partial charge in [0.25, 0.3) is 11.5 Å². The summed E-state index contributed by atoms with van der Waals surface area (Å²) < 4.78 is 13.5. The number of ether oxygens (including phenoxy) is 2. The molecule has 0 aliphatic heterocycles. The highest BCUT2D eigenvalue weighted by Gasteiger charge is 2.21. The topological polar surface area (TPSA) is 104 Å². The normalized spacial score (nSPS) is 11.9. The molecule has 0 atom stereocenters. The molecule has 1 aromatic carbocycles. The third-order valence-electron chi connectivity index (χ3n) is 5.27. The van der Waals surface area contributed by atoms with Gasteiger partial charge in [0.2, 0.25) is 0 Å². The number of rotatable bonds is 5. The Morgan fingerprint density at radius 1 is 1.12 bits per heavy atom. The van der Waals surface area contributed by atoms with Crippen molar-refractivity contribution in [1.82, 2.24) is 14.0 Å².